The molecule has 1 aliphatic carbocycles. The largest absolute Gasteiger partial charge is 0.497 e. The van der Waals surface area contributed by atoms with E-state index in [1.165, 1.54) is 6.07 Å². The SMILES string of the molecule is COc1ccc(OC)c(CN(C(=O)c2cc(=O)[nH]c3ccccc23)C2CC2)c1. The fourth-order valence-corrected chi connectivity index (χ4v) is 3.48. The topological polar surface area (TPSA) is 71.6 Å². The molecule has 0 unspecified atom stereocenters. The Hall–Kier alpha value is -3.28. The minimum absolute atomic E-state index is 0.144. The van der Waals surface area contributed by atoms with Crippen LogP contribution in [-0.4, -0.2) is 36.1 Å². The number of hydrogen-bond acceptors (Lipinski definition) is 4. The highest BCUT2D eigenvalue weighted by molar-refractivity contribution is 6.06. The third-order valence-electron chi connectivity index (χ3n) is 5.06. The summed E-state index contributed by atoms with van der Waals surface area (Å²) in [6, 6.07) is 14.5. The van der Waals surface area contributed by atoms with Crippen LogP contribution in [0.5, 0.6) is 11.5 Å². The molecule has 1 fully saturated rings. The Labute approximate surface area is 162 Å². The summed E-state index contributed by atoms with van der Waals surface area (Å²) in [4.78, 5) is 30.2. The summed E-state index contributed by atoms with van der Waals surface area (Å²) in [5, 5.41) is 0.746. The highest BCUT2D eigenvalue weighted by Gasteiger charge is 2.34. The van der Waals surface area contributed by atoms with Gasteiger partial charge in [-0.05, 0) is 37.1 Å². The number of hydrogen-bond donors (Lipinski definition) is 1. The van der Waals surface area contributed by atoms with Gasteiger partial charge in [0.2, 0.25) is 5.56 Å². The second-order valence-electron chi connectivity index (χ2n) is 6.93. The lowest BCUT2D eigenvalue weighted by Crippen LogP contribution is -2.33. The fraction of sp³-hybridized carbons (Fsp3) is 0.273. The molecule has 0 radical (unpaired) electrons. The van der Waals surface area contributed by atoms with Crippen molar-refractivity contribution in [1.82, 2.24) is 9.88 Å². The first-order chi connectivity index (χ1) is 13.6. The van der Waals surface area contributed by atoms with Gasteiger partial charge in [-0.2, -0.15) is 0 Å². The van der Waals surface area contributed by atoms with Gasteiger partial charge in [-0.3, -0.25) is 9.59 Å². The third-order valence-corrected chi connectivity index (χ3v) is 5.06. The number of pyridine rings is 1. The monoisotopic (exact) mass is 378 g/mol. The van der Waals surface area contributed by atoms with Crippen LogP contribution in [0.25, 0.3) is 10.9 Å². The number of H-pyrrole nitrogens is 1. The molecule has 0 atom stereocenters. The number of nitrogens with zero attached hydrogens (tertiary/aromatic N) is 1. The van der Waals surface area contributed by atoms with E-state index in [9.17, 15) is 9.59 Å². The molecule has 2 aromatic carbocycles. The van der Waals surface area contributed by atoms with E-state index in [1.54, 1.807) is 20.3 Å². The zero-order valence-corrected chi connectivity index (χ0v) is 15.9. The lowest BCUT2D eigenvalue weighted by atomic mass is 10.1. The number of methoxy groups -OCH3 is 2. The Balaban J connectivity index is 1.74. The third kappa shape index (κ3) is 3.45. The number of amides is 1. The molecule has 6 nitrogen and oxygen atoms in total. The highest BCUT2D eigenvalue weighted by Crippen LogP contribution is 2.33. The van der Waals surface area contributed by atoms with Crippen molar-refractivity contribution in [2.24, 2.45) is 0 Å². The minimum Gasteiger partial charge on any atom is -0.497 e. The Morgan fingerprint density at radius 2 is 1.89 bits per heavy atom. The van der Waals surface area contributed by atoms with Crippen molar-refractivity contribution in [3.8, 4) is 11.5 Å². The number of para-hydroxylation sites is 1. The molecule has 1 heterocycles. The van der Waals surface area contributed by atoms with Crippen molar-refractivity contribution in [3.63, 3.8) is 0 Å². The minimum atomic E-state index is -0.281. The Kier molecular flexibility index (Phi) is 4.77. The van der Waals surface area contributed by atoms with Gasteiger partial charge in [-0.1, -0.05) is 18.2 Å². The Morgan fingerprint density at radius 3 is 2.61 bits per heavy atom. The van der Waals surface area contributed by atoms with Gasteiger partial charge in [0.15, 0.2) is 0 Å². The van der Waals surface area contributed by atoms with Gasteiger partial charge in [0.05, 0.1) is 26.3 Å². The summed E-state index contributed by atoms with van der Waals surface area (Å²) >= 11 is 0. The molecule has 1 aromatic heterocycles. The molecule has 0 bridgehead atoms. The zero-order chi connectivity index (χ0) is 19.7. The first-order valence-corrected chi connectivity index (χ1v) is 9.24. The van der Waals surface area contributed by atoms with Crippen LogP contribution in [0.15, 0.2) is 53.3 Å². The quantitative estimate of drug-likeness (QED) is 0.714. The predicted molar refractivity (Wildman–Crippen MR) is 107 cm³/mol. The van der Waals surface area contributed by atoms with Crippen LogP contribution >= 0.6 is 0 Å². The van der Waals surface area contributed by atoms with Crippen LogP contribution in [0, 0.1) is 0 Å². The lowest BCUT2D eigenvalue weighted by molar-refractivity contribution is 0.0730. The number of aromatic amines is 1. The molecule has 4 rings (SSSR count). The molecular weight excluding hydrogens is 356 g/mol. The summed E-state index contributed by atoms with van der Waals surface area (Å²) in [6.45, 7) is 0.394. The molecule has 1 aliphatic rings. The molecular formula is C22H22N2O4. The van der Waals surface area contributed by atoms with E-state index < -0.39 is 0 Å². The molecule has 1 amide bonds. The summed E-state index contributed by atoms with van der Waals surface area (Å²) in [5.74, 6) is 1.27. The van der Waals surface area contributed by atoms with Gasteiger partial charge < -0.3 is 19.4 Å². The van der Waals surface area contributed by atoms with Gasteiger partial charge in [0.25, 0.3) is 5.91 Å². The predicted octanol–water partition coefficient (Wildman–Crippen LogP) is 3.35. The summed E-state index contributed by atoms with van der Waals surface area (Å²) < 4.78 is 10.8. The molecule has 144 valence electrons. The molecule has 1 N–H and O–H groups in total. The standard InChI is InChI=1S/C22H22N2O4/c1-27-16-9-10-20(28-2)14(11-16)13-24(15-7-8-15)22(26)18-12-21(25)23-19-6-4-3-5-17(18)19/h3-6,9-12,15H,7-8,13H2,1-2H3,(H,23,25). The number of aromatic nitrogens is 1. The van der Waals surface area contributed by atoms with Crippen molar-refractivity contribution in [2.75, 3.05) is 14.2 Å². The maximum absolute atomic E-state index is 13.5. The van der Waals surface area contributed by atoms with Crippen LogP contribution in [0.2, 0.25) is 0 Å². The molecule has 0 saturated heterocycles. The van der Waals surface area contributed by atoms with Crippen molar-refractivity contribution >= 4 is 16.8 Å². The van der Waals surface area contributed by atoms with Gasteiger partial charge in [0.1, 0.15) is 11.5 Å². The number of ether oxygens (including phenoxy) is 2. The molecule has 6 heteroatoms. The number of rotatable bonds is 6. The van der Waals surface area contributed by atoms with E-state index in [0.29, 0.717) is 29.1 Å². The Morgan fingerprint density at radius 1 is 1.11 bits per heavy atom. The summed E-state index contributed by atoms with van der Waals surface area (Å²) in [7, 11) is 3.22. The Bertz CT molecular complexity index is 1090. The van der Waals surface area contributed by atoms with Crippen LogP contribution in [-0.2, 0) is 6.54 Å². The first kappa shape index (κ1) is 18.1. The normalized spacial score (nSPS) is 13.4. The molecule has 0 aliphatic heterocycles. The van der Waals surface area contributed by atoms with Crippen molar-refractivity contribution in [2.45, 2.75) is 25.4 Å². The van der Waals surface area contributed by atoms with Crippen molar-refractivity contribution in [1.29, 1.82) is 0 Å². The molecule has 28 heavy (non-hydrogen) atoms. The van der Waals surface area contributed by atoms with E-state index in [0.717, 1.165) is 23.8 Å². The number of nitrogens with one attached hydrogen (secondary N) is 1. The second kappa shape index (κ2) is 7.38. The average molecular weight is 378 g/mol. The van der Waals surface area contributed by atoms with Crippen molar-refractivity contribution < 1.29 is 14.3 Å². The van der Waals surface area contributed by atoms with E-state index >= 15 is 0 Å². The zero-order valence-electron chi connectivity index (χ0n) is 15.9. The van der Waals surface area contributed by atoms with Crippen LogP contribution in [0.3, 0.4) is 0 Å². The number of benzene rings is 2. The number of carbonyl (C=O) groups is 1. The number of fused-ring (bicyclic) bond motifs is 1. The maximum atomic E-state index is 13.5. The summed E-state index contributed by atoms with van der Waals surface area (Å²) in [6.07, 6.45) is 1.91. The lowest BCUT2D eigenvalue weighted by Gasteiger charge is -2.24. The van der Waals surface area contributed by atoms with E-state index in [2.05, 4.69) is 4.98 Å². The highest BCUT2D eigenvalue weighted by atomic mass is 16.5. The number of carbonyl (C=O) groups excluding carboxylic acids is 1. The maximum Gasteiger partial charge on any atom is 0.255 e. The van der Waals surface area contributed by atoms with Gasteiger partial charge in [0, 0.05) is 28.6 Å². The van der Waals surface area contributed by atoms with E-state index in [-0.39, 0.29) is 17.5 Å². The summed E-state index contributed by atoms with van der Waals surface area (Å²) in [5.41, 5.74) is 1.68. The van der Waals surface area contributed by atoms with Gasteiger partial charge in [-0.25, -0.2) is 0 Å². The fourth-order valence-electron chi connectivity index (χ4n) is 3.48. The smallest absolute Gasteiger partial charge is 0.255 e. The van der Waals surface area contributed by atoms with Crippen molar-refractivity contribution in [3.05, 3.63) is 70.0 Å². The van der Waals surface area contributed by atoms with Crippen LogP contribution < -0.4 is 15.0 Å². The van der Waals surface area contributed by atoms with Gasteiger partial charge >= 0.3 is 0 Å². The molecule has 3 aromatic rings. The molecule has 0 spiro atoms. The average Bonchev–Trinajstić information content (AvgIpc) is 3.55. The van der Waals surface area contributed by atoms with E-state index in [4.69, 9.17) is 9.47 Å². The first-order valence-electron chi connectivity index (χ1n) is 9.24. The van der Waals surface area contributed by atoms with E-state index in [1.807, 2.05) is 41.3 Å². The van der Waals surface area contributed by atoms with Crippen LogP contribution in [0.1, 0.15) is 28.8 Å². The second-order valence-corrected chi connectivity index (χ2v) is 6.93. The molecule has 1 saturated carbocycles. The van der Waals surface area contributed by atoms with Gasteiger partial charge in [-0.15, -0.1) is 0 Å². The van der Waals surface area contributed by atoms with Crippen LogP contribution in [0.4, 0.5) is 0 Å².